The van der Waals surface area contributed by atoms with Gasteiger partial charge in [-0.3, -0.25) is 0 Å². The summed E-state index contributed by atoms with van der Waals surface area (Å²) < 4.78 is 0. The average molecular weight is 338 g/mol. The number of aromatic nitrogens is 1. The number of carbonyl (C=O) groups is 1. The first kappa shape index (κ1) is 16.0. The summed E-state index contributed by atoms with van der Waals surface area (Å²) in [4.78, 5) is 16.4. The van der Waals surface area contributed by atoms with E-state index in [-0.39, 0.29) is 12.1 Å². The fraction of sp³-hybridized carbons (Fsp3) is 0.111. The molecule has 1 atom stereocenters. The Kier molecular flexibility index (Phi) is 4.77. The fourth-order valence-corrected chi connectivity index (χ4v) is 2.94. The molecule has 0 aliphatic heterocycles. The highest BCUT2D eigenvalue weighted by molar-refractivity contribution is 7.13. The Labute approximate surface area is 144 Å². The van der Waals surface area contributed by atoms with Gasteiger partial charge in [0.25, 0.3) is 0 Å². The highest BCUT2D eigenvalue weighted by atomic mass is 32.1. The van der Waals surface area contributed by atoms with E-state index in [9.17, 15) is 4.79 Å². The third kappa shape index (κ3) is 3.91. The van der Waals surface area contributed by atoms with Crippen LogP contribution in [0.3, 0.4) is 0 Å². The van der Waals surface area contributed by atoms with Crippen LogP contribution in [-0.4, -0.2) is 11.0 Å². The number of amides is 2. The van der Waals surface area contributed by atoms with Crippen LogP contribution in [0.2, 0.25) is 0 Å². The number of nitrogens with zero attached hydrogens (tertiary/aromatic N) is 1. The Hall–Kier alpha value is -2.86. The predicted molar refractivity (Wildman–Crippen MR) is 99.0 cm³/mol. The molecule has 0 saturated heterocycles. The number of rotatable bonds is 4. The van der Waals surface area contributed by atoms with Crippen LogP contribution in [0.15, 0.2) is 60.0 Å². The summed E-state index contributed by atoms with van der Waals surface area (Å²) in [6.07, 6.45) is 0. The number of hydrogen-bond acceptors (Lipinski definition) is 4. The van der Waals surface area contributed by atoms with Crippen molar-refractivity contribution >= 4 is 28.2 Å². The molecule has 4 N–H and O–H groups in total. The van der Waals surface area contributed by atoms with Gasteiger partial charge in [-0.1, -0.05) is 42.5 Å². The van der Waals surface area contributed by atoms with Gasteiger partial charge in [-0.2, -0.15) is 0 Å². The molecule has 2 amide bonds. The minimum Gasteiger partial charge on any atom is -0.375 e. The number of urea groups is 1. The van der Waals surface area contributed by atoms with Crippen LogP contribution in [0.1, 0.15) is 18.5 Å². The SMILES string of the molecule is C[C@@H](NC(=O)Nc1cccc(-c2csc(N)n2)c1)c1ccccc1. The Morgan fingerprint density at radius 3 is 2.67 bits per heavy atom. The maximum absolute atomic E-state index is 12.2. The van der Waals surface area contributed by atoms with E-state index in [0.717, 1.165) is 16.8 Å². The van der Waals surface area contributed by atoms with Gasteiger partial charge in [0.15, 0.2) is 5.13 Å². The van der Waals surface area contributed by atoms with E-state index >= 15 is 0 Å². The number of benzene rings is 2. The van der Waals surface area contributed by atoms with Gasteiger partial charge in [0.2, 0.25) is 0 Å². The number of nitrogen functional groups attached to an aromatic ring is 1. The lowest BCUT2D eigenvalue weighted by molar-refractivity contribution is 0.249. The van der Waals surface area contributed by atoms with E-state index in [0.29, 0.717) is 10.8 Å². The van der Waals surface area contributed by atoms with Gasteiger partial charge in [0.05, 0.1) is 11.7 Å². The van der Waals surface area contributed by atoms with Crippen LogP contribution in [0.5, 0.6) is 0 Å². The smallest absolute Gasteiger partial charge is 0.319 e. The third-order valence-electron chi connectivity index (χ3n) is 3.59. The second-order valence-corrected chi connectivity index (χ2v) is 6.27. The van der Waals surface area contributed by atoms with Crippen molar-refractivity contribution in [3.8, 4) is 11.3 Å². The number of carbonyl (C=O) groups excluding carboxylic acids is 1. The molecule has 3 aromatic rings. The van der Waals surface area contributed by atoms with E-state index in [4.69, 9.17) is 5.73 Å². The molecule has 1 heterocycles. The maximum Gasteiger partial charge on any atom is 0.319 e. The maximum atomic E-state index is 12.2. The molecule has 0 aliphatic rings. The standard InChI is InChI=1S/C18H18N4OS/c1-12(13-6-3-2-4-7-13)20-18(23)21-15-9-5-8-14(10-15)16-11-24-17(19)22-16/h2-12H,1H3,(H2,19,22)(H2,20,21,23)/t12-/m1/s1. The van der Waals surface area contributed by atoms with Crippen molar-refractivity contribution in [2.45, 2.75) is 13.0 Å². The molecule has 0 aliphatic carbocycles. The minimum atomic E-state index is -0.249. The largest absolute Gasteiger partial charge is 0.375 e. The number of nitrogens with two attached hydrogens (primary N) is 1. The monoisotopic (exact) mass is 338 g/mol. The summed E-state index contributed by atoms with van der Waals surface area (Å²) >= 11 is 1.39. The van der Waals surface area contributed by atoms with Gasteiger partial charge in [-0.25, -0.2) is 9.78 Å². The summed E-state index contributed by atoms with van der Waals surface area (Å²) in [6.45, 7) is 1.95. The molecular weight excluding hydrogens is 320 g/mol. The lowest BCUT2D eigenvalue weighted by Gasteiger charge is -2.15. The first-order valence-corrected chi connectivity index (χ1v) is 8.43. The van der Waals surface area contributed by atoms with Crippen molar-refractivity contribution < 1.29 is 4.79 Å². The van der Waals surface area contributed by atoms with Crippen molar-refractivity contribution in [2.75, 3.05) is 11.1 Å². The van der Waals surface area contributed by atoms with E-state index in [1.165, 1.54) is 11.3 Å². The van der Waals surface area contributed by atoms with Crippen molar-refractivity contribution in [2.24, 2.45) is 0 Å². The molecule has 0 unspecified atom stereocenters. The number of nitrogens with one attached hydrogen (secondary N) is 2. The Balaban J connectivity index is 1.66. The highest BCUT2D eigenvalue weighted by Crippen LogP contribution is 2.25. The van der Waals surface area contributed by atoms with E-state index in [1.54, 1.807) is 0 Å². The molecule has 0 saturated carbocycles. The minimum absolute atomic E-state index is 0.0762. The van der Waals surface area contributed by atoms with Gasteiger partial charge >= 0.3 is 6.03 Å². The zero-order valence-electron chi connectivity index (χ0n) is 13.2. The molecule has 1 aromatic heterocycles. The summed E-state index contributed by atoms with van der Waals surface area (Å²) in [5.74, 6) is 0. The summed E-state index contributed by atoms with van der Waals surface area (Å²) in [5, 5.41) is 8.20. The van der Waals surface area contributed by atoms with E-state index < -0.39 is 0 Å². The third-order valence-corrected chi connectivity index (χ3v) is 4.26. The lowest BCUT2D eigenvalue weighted by atomic mass is 10.1. The zero-order valence-corrected chi connectivity index (χ0v) is 14.0. The summed E-state index contributed by atoms with van der Waals surface area (Å²) in [6, 6.07) is 17.0. The molecule has 2 aromatic carbocycles. The van der Waals surface area contributed by atoms with Crippen LogP contribution >= 0.6 is 11.3 Å². The van der Waals surface area contributed by atoms with Crippen LogP contribution in [0.25, 0.3) is 11.3 Å². The topological polar surface area (TPSA) is 80.0 Å². The van der Waals surface area contributed by atoms with Crippen molar-refractivity contribution in [1.29, 1.82) is 0 Å². The molecule has 6 heteroatoms. The van der Waals surface area contributed by atoms with Gasteiger partial charge in [-0.15, -0.1) is 11.3 Å². The highest BCUT2D eigenvalue weighted by Gasteiger charge is 2.10. The second-order valence-electron chi connectivity index (χ2n) is 5.38. The number of anilines is 2. The molecule has 5 nitrogen and oxygen atoms in total. The van der Waals surface area contributed by atoms with Crippen LogP contribution in [-0.2, 0) is 0 Å². The normalized spacial score (nSPS) is 11.7. The molecule has 122 valence electrons. The van der Waals surface area contributed by atoms with Gasteiger partial charge in [0, 0.05) is 16.6 Å². The molecule has 0 bridgehead atoms. The molecule has 0 fully saturated rings. The van der Waals surface area contributed by atoms with Gasteiger partial charge < -0.3 is 16.4 Å². The summed E-state index contributed by atoms with van der Waals surface area (Å²) in [7, 11) is 0. The fourth-order valence-electron chi connectivity index (χ4n) is 2.37. The number of hydrogen-bond donors (Lipinski definition) is 3. The molecule has 0 spiro atoms. The molecular formula is C18H18N4OS. The van der Waals surface area contributed by atoms with Crippen molar-refractivity contribution in [3.63, 3.8) is 0 Å². The number of thiazole rings is 1. The molecule has 24 heavy (non-hydrogen) atoms. The lowest BCUT2D eigenvalue weighted by Crippen LogP contribution is -2.31. The Bertz CT molecular complexity index is 832. The summed E-state index contributed by atoms with van der Waals surface area (Å²) in [5.41, 5.74) is 9.15. The van der Waals surface area contributed by atoms with Crippen LogP contribution < -0.4 is 16.4 Å². The first-order valence-electron chi connectivity index (χ1n) is 7.56. The van der Waals surface area contributed by atoms with Crippen LogP contribution in [0.4, 0.5) is 15.6 Å². The van der Waals surface area contributed by atoms with Crippen LogP contribution in [0, 0.1) is 0 Å². The zero-order chi connectivity index (χ0) is 16.9. The van der Waals surface area contributed by atoms with Crippen molar-refractivity contribution in [1.82, 2.24) is 10.3 Å². The Morgan fingerprint density at radius 2 is 1.96 bits per heavy atom. The first-order chi connectivity index (χ1) is 11.6. The van der Waals surface area contributed by atoms with Gasteiger partial charge in [-0.05, 0) is 24.6 Å². The second kappa shape index (κ2) is 7.14. The molecule has 0 radical (unpaired) electrons. The Morgan fingerprint density at radius 1 is 1.17 bits per heavy atom. The predicted octanol–water partition coefficient (Wildman–Crippen LogP) is 4.28. The van der Waals surface area contributed by atoms with E-state index in [2.05, 4.69) is 15.6 Å². The average Bonchev–Trinajstić information content (AvgIpc) is 3.02. The van der Waals surface area contributed by atoms with Crippen molar-refractivity contribution in [3.05, 3.63) is 65.5 Å². The van der Waals surface area contributed by atoms with E-state index in [1.807, 2.05) is 66.9 Å². The quantitative estimate of drug-likeness (QED) is 0.664. The van der Waals surface area contributed by atoms with Gasteiger partial charge in [0.1, 0.15) is 0 Å². The molecule has 3 rings (SSSR count).